The van der Waals surface area contributed by atoms with Crippen molar-refractivity contribution >= 4 is 5.91 Å². The van der Waals surface area contributed by atoms with E-state index in [-0.39, 0.29) is 23.8 Å². The number of rotatable bonds is 10. The van der Waals surface area contributed by atoms with E-state index < -0.39 is 0 Å². The topological polar surface area (TPSA) is 87.7 Å². The second kappa shape index (κ2) is 10.5. The summed E-state index contributed by atoms with van der Waals surface area (Å²) in [5.74, 6) is 0.872. The van der Waals surface area contributed by atoms with E-state index in [0.29, 0.717) is 30.1 Å². The number of nitrogens with zero attached hydrogens (tertiary/aromatic N) is 2. The number of unbranched alkanes of at least 4 members (excludes halogenated alkanes) is 3. The molecule has 1 aromatic heterocycles. The third-order valence-corrected chi connectivity index (χ3v) is 6.91. The molecule has 1 fully saturated rings. The van der Waals surface area contributed by atoms with Gasteiger partial charge in [0, 0.05) is 24.3 Å². The molecule has 3 heterocycles. The Balaban J connectivity index is 1.45. The van der Waals surface area contributed by atoms with E-state index in [4.69, 9.17) is 9.47 Å². The standard InChI is InChI=1S/C28H33N3O4/c1-2-3-4-7-16-34-20-14-12-19(13-15-20)27-24-25(22-10-5-6-11-23(22)32)29-30-26(24)28(33)31(27)18-21-9-8-17-35-21/h5-6,10-15,21,27,32H,2-4,7-9,16-18H2,1H3,(H,29,30)/t21-,27-/m0/s1. The number of aromatic nitrogens is 2. The number of phenols is 1. The van der Waals surface area contributed by atoms with Crippen LogP contribution in [0.15, 0.2) is 48.5 Å². The average Bonchev–Trinajstić information content (AvgIpc) is 3.60. The van der Waals surface area contributed by atoms with Gasteiger partial charge in [-0.05, 0) is 49.1 Å². The van der Waals surface area contributed by atoms with Gasteiger partial charge in [0.1, 0.15) is 22.9 Å². The molecule has 184 valence electrons. The summed E-state index contributed by atoms with van der Waals surface area (Å²) in [7, 11) is 0. The van der Waals surface area contributed by atoms with Gasteiger partial charge in [-0.2, -0.15) is 5.10 Å². The maximum absolute atomic E-state index is 13.5. The van der Waals surface area contributed by atoms with Crippen LogP contribution in [0.5, 0.6) is 11.5 Å². The molecule has 7 heteroatoms. The van der Waals surface area contributed by atoms with Crippen molar-refractivity contribution in [2.45, 2.75) is 57.6 Å². The highest BCUT2D eigenvalue weighted by Crippen LogP contribution is 2.45. The predicted molar refractivity (Wildman–Crippen MR) is 134 cm³/mol. The third kappa shape index (κ3) is 4.78. The summed E-state index contributed by atoms with van der Waals surface area (Å²) in [6, 6.07) is 14.8. The van der Waals surface area contributed by atoms with Crippen LogP contribution in [0.2, 0.25) is 0 Å². The minimum atomic E-state index is -0.325. The Morgan fingerprint density at radius 2 is 1.97 bits per heavy atom. The van der Waals surface area contributed by atoms with E-state index in [1.165, 1.54) is 19.3 Å². The van der Waals surface area contributed by atoms with Crippen molar-refractivity contribution in [3.05, 3.63) is 65.4 Å². The molecule has 2 N–H and O–H groups in total. The van der Waals surface area contributed by atoms with Crippen molar-refractivity contribution in [2.75, 3.05) is 19.8 Å². The van der Waals surface area contributed by atoms with Gasteiger partial charge in [0.15, 0.2) is 0 Å². The number of aromatic hydroxyl groups is 1. The summed E-state index contributed by atoms with van der Waals surface area (Å²) >= 11 is 0. The number of aromatic amines is 1. The maximum Gasteiger partial charge on any atom is 0.273 e. The van der Waals surface area contributed by atoms with Gasteiger partial charge in [-0.1, -0.05) is 50.5 Å². The normalized spacial score (nSPS) is 19.3. The number of hydrogen-bond donors (Lipinski definition) is 2. The van der Waals surface area contributed by atoms with Gasteiger partial charge in [0.2, 0.25) is 0 Å². The first-order valence-electron chi connectivity index (χ1n) is 12.7. The molecule has 2 aliphatic heterocycles. The number of phenolic OH excluding ortho intramolecular Hbond substituents is 1. The number of carbonyl (C=O) groups excluding carboxylic acids is 1. The Morgan fingerprint density at radius 1 is 1.14 bits per heavy atom. The molecule has 1 saturated heterocycles. The first kappa shape index (κ1) is 23.4. The highest BCUT2D eigenvalue weighted by Gasteiger charge is 2.43. The van der Waals surface area contributed by atoms with Crippen molar-refractivity contribution in [1.82, 2.24) is 15.1 Å². The largest absolute Gasteiger partial charge is 0.507 e. The van der Waals surface area contributed by atoms with Crippen molar-refractivity contribution in [3.63, 3.8) is 0 Å². The fraction of sp³-hybridized carbons (Fsp3) is 0.429. The zero-order chi connectivity index (χ0) is 24.2. The SMILES string of the molecule is CCCCCCOc1ccc([C@H]2c3c(-c4ccccc4O)n[nH]c3C(=O)N2C[C@@H]2CCCO2)cc1. The van der Waals surface area contributed by atoms with Crippen LogP contribution >= 0.6 is 0 Å². The van der Waals surface area contributed by atoms with Gasteiger partial charge in [0.25, 0.3) is 5.91 Å². The zero-order valence-electron chi connectivity index (χ0n) is 20.2. The lowest BCUT2D eigenvalue weighted by Crippen LogP contribution is -2.36. The average molecular weight is 476 g/mol. The molecule has 0 unspecified atom stereocenters. The molecule has 0 radical (unpaired) electrons. The molecule has 0 spiro atoms. The van der Waals surface area contributed by atoms with Crippen LogP contribution in [0.1, 0.15) is 73.1 Å². The number of ether oxygens (including phenoxy) is 2. The highest BCUT2D eigenvalue weighted by atomic mass is 16.5. The van der Waals surface area contributed by atoms with Gasteiger partial charge < -0.3 is 19.5 Å². The summed E-state index contributed by atoms with van der Waals surface area (Å²) in [6.07, 6.45) is 6.63. The number of para-hydroxylation sites is 1. The molecule has 0 aliphatic carbocycles. The molecular weight excluding hydrogens is 442 g/mol. The second-order valence-electron chi connectivity index (χ2n) is 9.35. The lowest BCUT2D eigenvalue weighted by molar-refractivity contribution is 0.0495. The fourth-order valence-corrected chi connectivity index (χ4v) is 5.08. The summed E-state index contributed by atoms with van der Waals surface area (Å²) in [5, 5.41) is 17.9. The Bertz CT molecular complexity index is 1150. The summed E-state index contributed by atoms with van der Waals surface area (Å²) in [5.41, 5.74) is 3.45. The van der Waals surface area contributed by atoms with Crippen LogP contribution in [0.25, 0.3) is 11.3 Å². The first-order chi connectivity index (χ1) is 17.2. The molecule has 35 heavy (non-hydrogen) atoms. The molecule has 7 nitrogen and oxygen atoms in total. The molecule has 2 aromatic carbocycles. The van der Waals surface area contributed by atoms with Gasteiger partial charge in [-0.15, -0.1) is 0 Å². The Labute approximate surface area is 206 Å². The molecule has 3 aromatic rings. The molecule has 5 rings (SSSR count). The summed E-state index contributed by atoms with van der Waals surface area (Å²) < 4.78 is 11.8. The van der Waals surface area contributed by atoms with E-state index >= 15 is 0 Å². The van der Waals surface area contributed by atoms with E-state index in [1.807, 2.05) is 41.3 Å². The smallest absolute Gasteiger partial charge is 0.273 e. The van der Waals surface area contributed by atoms with Gasteiger partial charge >= 0.3 is 0 Å². The van der Waals surface area contributed by atoms with Crippen LogP contribution < -0.4 is 4.74 Å². The first-order valence-corrected chi connectivity index (χ1v) is 12.7. The number of nitrogens with one attached hydrogen (secondary N) is 1. The fourth-order valence-electron chi connectivity index (χ4n) is 5.08. The molecule has 2 aliphatic rings. The highest BCUT2D eigenvalue weighted by molar-refractivity contribution is 6.00. The van der Waals surface area contributed by atoms with Crippen LogP contribution in [0.4, 0.5) is 0 Å². The van der Waals surface area contributed by atoms with Crippen molar-refractivity contribution in [2.24, 2.45) is 0 Å². The minimum Gasteiger partial charge on any atom is -0.507 e. The summed E-state index contributed by atoms with van der Waals surface area (Å²) in [4.78, 5) is 15.4. The Hall–Kier alpha value is -3.32. The third-order valence-electron chi connectivity index (χ3n) is 6.91. The van der Waals surface area contributed by atoms with Crippen molar-refractivity contribution < 1.29 is 19.4 Å². The number of amides is 1. The molecule has 0 bridgehead atoms. The quantitative estimate of drug-likeness (QED) is 0.380. The molecule has 0 saturated carbocycles. The van der Waals surface area contributed by atoms with Gasteiger partial charge in [0.05, 0.1) is 18.8 Å². The van der Waals surface area contributed by atoms with Crippen molar-refractivity contribution in [3.8, 4) is 22.8 Å². The Kier molecular flexibility index (Phi) is 7.04. The van der Waals surface area contributed by atoms with Crippen LogP contribution in [-0.2, 0) is 4.74 Å². The molecule has 2 atom stereocenters. The number of benzene rings is 2. The number of H-pyrrole nitrogens is 1. The van der Waals surface area contributed by atoms with E-state index in [0.717, 1.165) is 42.7 Å². The molecule has 1 amide bonds. The lowest BCUT2D eigenvalue weighted by Gasteiger charge is -2.28. The van der Waals surface area contributed by atoms with E-state index in [2.05, 4.69) is 17.1 Å². The second-order valence-corrected chi connectivity index (χ2v) is 9.35. The van der Waals surface area contributed by atoms with E-state index in [1.54, 1.807) is 12.1 Å². The van der Waals surface area contributed by atoms with Gasteiger partial charge in [-0.25, -0.2) is 0 Å². The number of carbonyl (C=O) groups is 1. The summed E-state index contributed by atoms with van der Waals surface area (Å²) in [6.45, 7) is 4.15. The van der Waals surface area contributed by atoms with E-state index in [9.17, 15) is 9.90 Å². The maximum atomic E-state index is 13.5. The minimum absolute atomic E-state index is 0.0257. The van der Waals surface area contributed by atoms with Gasteiger partial charge in [-0.3, -0.25) is 9.89 Å². The van der Waals surface area contributed by atoms with Crippen molar-refractivity contribution in [1.29, 1.82) is 0 Å². The van der Waals surface area contributed by atoms with Crippen LogP contribution in [0.3, 0.4) is 0 Å². The molecular formula is C28H33N3O4. The van der Waals surface area contributed by atoms with Crippen LogP contribution in [-0.4, -0.2) is 52.0 Å². The number of hydrogen-bond acceptors (Lipinski definition) is 5. The zero-order valence-corrected chi connectivity index (χ0v) is 20.2. The van der Waals surface area contributed by atoms with Crippen LogP contribution in [0, 0.1) is 0 Å². The predicted octanol–water partition coefficient (Wildman–Crippen LogP) is 5.47. The number of fused-ring (bicyclic) bond motifs is 1. The lowest BCUT2D eigenvalue weighted by atomic mass is 9.95. The Morgan fingerprint density at radius 3 is 2.71 bits per heavy atom. The monoisotopic (exact) mass is 475 g/mol.